The molecule has 1 aromatic heterocycles. The maximum Gasteiger partial charge on any atom is 0.00804 e. The zero-order valence-electron chi connectivity index (χ0n) is 11.5. The molecule has 92 valence electrons. The van der Waals surface area contributed by atoms with Gasteiger partial charge in [0.15, 0.2) is 0 Å². The van der Waals surface area contributed by atoms with E-state index in [-0.39, 0.29) is 0 Å². The van der Waals surface area contributed by atoms with Crippen molar-refractivity contribution in [3.63, 3.8) is 0 Å². The van der Waals surface area contributed by atoms with Crippen LogP contribution in [0.3, 0.4) is 0 Å². The van der Waals surface area contributed by atoms with Crippen LogP contribution in [0.25, 0.3) is 0 Å². The maximum atomic E-state index is 2.46. The summed E-state index contributed by atoms with van der Waals surface area (Å²) >= 11 is 2.06. The Morgan fingerprint density at radius 1 is 1.38 bits per heavy atom. The van der Waals surface area contributed by atoms with Gasteiger partial charge < -0.3 is 0 Å². The molecular formula is C15H26S. The Labute approximate surface area is 105 Å². The van der Waals surface area contributed by atoms with Gasteiger partial charge >= 0.3 is 0 Å². The smallest absolute Gasteiger partial charge is 0.00804 e. The minimum Gasteiger partial charge on any atom is -0.145 e. The van der Waals surface area contributed by atoms with Crippen LogP contribution in [0, 0.1) is 5.92 Å². The van der Waals surface area contributed by atoms with Crippen LogP contribution in [0.2, 0.25) is 0 Å². The normalized spacial score (nSPS) is 19.0. The lowest BCUT2D eigenvalue weighted by molar-refractivity contribution is 0.449. The van der Waals surface area contributed by atoms with Crippen LogP contribution in [0.15, 0.2) is 6.07 Å². The van der Waals surface area contributed by atoms with Gasteiger partial charge in [0.05, 0.1) is 0 Å². The first-order valence-corrected chi connectivity index (χ1v) is 7.63. The van der Waals surface area contributed by atoms with E-state index < -0.39 is 0 Å². The molecule has 1 unspecified atom stereocenters. The number of aryl methyl sites for hydroxylation is 1. The highest BCUT2D eigenvalue weighted by molar-refractivity contribution is 7.12. The highest BCUT2D eigenvalue weighted by Gasteiger charge is 2.20. The summed E-state index contributed by atoms with van der Waals surface area (Å²) < 4.78 is 0. The number of hydrogen-bond donors (Lipinski definition) is 0. The van der Waals surface area contributed by atoms with E-state index >= 15 is 0 Å². The quantitative estimate of drug-likeness (QED) is 0.646. The molecule has 1 heterocycles. The van der Waals surface area contributed by atoms with E-state index in [1.165, 1.54) is 25.7 Å². The standard InChI is InChI=1S/C13H20S.C2H6/c1-4-10-5-6-12-11(7-10)8-13(14-12)9(2)3;1-2/h8-10H,4-7H2,1-3H3;1-2H3. The summed E-state index contributed by atoms with van der Waals surface area (Å²) in [6.45, 7) is 10.9. The van der Waals surface area contributed by atoms with Crippen LogP contribution >= 0.6 is 11.3 Å². The molecule has 0 saturated heterocycles. The molecule has 2 rings (SSSR count). The second-order valence-electron chi connectivity index (χ2n) is 4.77. The second-order valence-corrected chi connectivity index (χ2v) is 5.94. The first kappa shape index (κ1) is 13.8. The van der Waals surface area contributed by atoms with Crippen molar-refractivity contribution in [3.8, 4) is 0 Å². The van der Waals surface area contributed by atoms with E-state index in [0.29, 0.717) is 5.92 Å². The van der Waals surface area contributed by atoms with Crippen molar-refractivity contribution in [2.24, 2.45) is 5.92 Å². The van der Waals surface area contributed by atoms with Gasteiger partial charge in [0.25, 0.3) is 0 Å². The van der Waals surface area contributed by atoms with Crippen LogP contribution < -0.4 is 0 Å². The predicted octanol–water partition coefficient (Wildman–Crippen LogP) is 5.41. The largest absolute Gasteiger partial charge is 0.145 e. The van der Waals surface area contributed by atoms with Crippen molar-refractivity contribution in [2.75, 3.05) is 0 Å². The molecule has 1 aromatic rings. The lowest BCUT2D eigenvalue weighted by Crippen LogP contribution is -2.10. The molecule has 16 heavy (non-hydrogen) atoms. The number of hydrogen-bond acceptors (Lipinski definition) is 1. The van der Waals surface area contributed by atoms with Gasteiger partial charge in [-0.2, -0.15) is 0 Å². The fourth-order valence-electron chi connectivity index (χ4n) is 2.26. The van der Waals surface area contributed by atoms with Gasteiger partial charge in [0, 0.05) is 9.75 Å². The Morgan fingerprint density at radius 2 is 2.06 bits per heavy atom. The van der Waals surface area contributed by atoms with E-state index in [4.69, 9.17) is 0 Å². The molecule has 1 atom stereocenters. The minimum absolute atomic E-state index is 0.714. The maximum absolute atomic E-state index is 2.46. The fraction of sp³-hybridized carbons (Fsp3) is 0.733. The molecule has 0 bridgehead atoms. The molecule has 1 aliphatic rings. The van der Waals surface area contributed by atoms with Crippen molar-refractivity contribution in [2.45, 2.75) is 66.2 Å². The van der Waals surface area contributed by atoms with Gasteiger partial charge in [-0.15, -0.1) is 11.3 Å². The third kappa shape index (κ3) is 3.10. The van der Waals surface area contributed by atoms with Gasteiger partial charge in [0.2, 0.25) is 0 Å². The third-order valence-corrected chi connectivity index (χ3v) is 4.89. The number of rotatable bonds is 2. The average molecular weight is 238 g/mol. The minimum atomic E-state index is 0.714. The van der Waals surface area contributed by atoms with Crippen LogP contribution in [0.5, 0.6) is 0 Å². The zero-order valence-corrected chi connectivity index (χ0v) is 12.3. The SMILES string of the molecule is CC.CCC1CCc2sc(C(C)C)cc2C1. The van der Waals surface area contributed by atoms with Gasteiger partial charge in [-0.25, -0.2) is 0 Å². The van der Waals surface area contributed by atoms with Crippen LogP contribution in [-0.2, 0) is 12.8 Å². The Bertz CT molecular complexity index is 309. The lowest BCUT2D eigenvalue weighted by Gasteiger charge is -2.20. The molecule has 0 saturated carbocycles. The average Bonchev–Trinajstić information content (AvgIpc) is 2.74. The molecule has 0 aromatic carbocycles. The summed E-state index contributed by atoms with van der Waals surface area (Å²) in [5.41, 5.74) is 1.66. The molecule has 0 aliphatic heterocycles. The van der Waals surface area contributed by atoms with Gasteiger partial charge in [-0.05, 0) is 42.7 Å². The molecule has 1 heteroatoms. The van der Waals surface area contributed by atoms with E-state index in [1.54, 1.807) is 15.3 Å². The third-order valence-electron chi connectivity index (χ3n) is 3.35. The fourth-order valence-corrected chi connectivity index (χ4v) is 3.47. The first-order chi connectivity index (χ1) is 7.70. The highest BCUT2D eigenvalue weighted by Crippen LogP contribution is 2.36. The predicted molar refractivity (Wildman–Crippen MR) is 75.6 cm³/mol. The van der Waals surface area contributed by atoms with Crippen molar-refractivity contribution in [1.29, 1.82) is 0 Å². The van der Waals surface area contributed by atoms with Crippen LogP contribution in [0.1, 0.15) is 68.7 Å². The van der Waals surface area contributed by atoms with Crippen molar-refractivity contribution < 1.29 is 0 Å². The van der Waals surface area contributed by atoms with Crippen molar-refractivity contribution >= 4 is 11.3 Å². The molecule has 1 aliphatic carbocycles. The van der Waals surface area contributed by atoms with Crippen LogP contribution in [-0.4, -0.2) is 0 Å². The Morgan fingerprint density at radius 3 is 2.62 bits per heavy atom. The Balaban J connectivity index is 0.000000606. The first-order valence-electron chi connectivity index (χ1n) is 6.82. The van der Waals surface area contributed by atoms with Gasteiger partial charge in [-0.3, -0.25) is 0 Å². The van der Waals surface area contributed by atoms with Crippen LogP contribution in [0.4, 0.5) is 0 Å². The van der Waals surface area contributed by atoms with E-state index in [2.05, 4.69) is 38.2 Å². The van der Waals surface area contributed by atoms with E-state index in [1.807, 2.05) is 13.8 Å². The summed E-state index contributed by atoms with van der Waals surface area (Å²) in [6, 6.07) is 2.46. The molecule has 0 amide bonds. The highest BCUT2D eigenvalue weighted by atomic mass is 32.1. The van der Waals surface area contributed by atoms with Crippen molar-refractivity contribution in [3.05, 3.63) is 21.4 Å². The zero-order chi connectivity index (χ0) is 12.1. The topological polar surface area (TPSA) is 0 Å². The summed E-state index contributed by atoms with van der Waals surface area (Å²) in [6.07, 6.45) is 5.45. The molecular weight excluding hydrogens is 212 g/mol. The molecule has 0 fully saturated rings. The number of thiophene rings is 1. The van der Waals surface area contributed by atoms with Gasteiger partial charge in [0.1, 0.15) is 0 Å². The summed E-state index contributed by atoms with van der Waals surface area (Å²) in [5, 5.41) is 0. The molecule has 0 N–H and O–H groups in total. The second kappa shape index (κ2) is 6.44. The lowest BCUT2D eigenvalue weighted by atomic mass is 9.86. The molecule has 0 nitrogen and oxygen atoms in total. The number of fused-ring (bicyclic) bond motifs is 1. The Kier molecular flexibility index (Phi) is 5.54. The van der Waals surface area contributed by atoms with E-state index in [0.717, 1.165) is 5.92 Å². The summed E-state index contributed by atoms with van der Waals surface area (Å²) in [7, 11) is 0. The Hall–Kier alpha value is -0.300. The summed E-state index contributed by atoms with van der Waals surface area (Å²) in [5.74, 6) is 1.67. The molecule has 0 spiro atoms. The van der Waals surface area contributed by atoms with Gasteiger partial charge in [-0.1, -0.05) is 41.0 Å². The monoisotopic (exact) mass is 238 g/mol. The van der Waals surface area contributed by atoms with E-state index in [9.17, 15) is 0 Å². The summed E-state index contributed by atoms with van der Waals surface area (Å²) in [4.78, 5) is 3.27. The molecule has 0 radical (unpaired) electrons. The van der Waals surface area contributed by atoms with Crippen molar-refractivity contribution in [1.82, 2.24) is 0 Å².